The van der Waals surface area contributed by atoms with Crippen LogP contribution in [0.3, 0.4) is 0 Å². The van der Waals surface area contributed by atoms with Crippen LogP contribution in [0.1, 0.15) is 25.8 Å². The molecule has 1 saturated heterocycles. The van der Waals surface area contributed by atoms with Gasteiger partial charge in [-0.3, -0.25) is 4.79 Å². The number of carbonyl (C=O) groups is 1. The fourth-order valence-corrected chi connectivity index (χ4v) is 4.47. The predicted octanol–water partition coefficient (Wildman–Crippen LogP) is 1.58. The van der Waals surface area contributed by atoms with Crippen molar-refractivity contribution in [3.8, 4) is 11.5 Å². The average molecular weight is 355 g/mol. The highest BCUT2D eigenvalue weighted by Gasteiger charge is 2.32. The van der Waals surface area contributed by atoms with Gasteiger partial charge in [-0.05, 0) is 44.4 Å². The number of hydrogen-bond donors (Lipinski definition) is 1. The summed E-state index contributed by atoms with van der Waals surface area (Å²) in [7, 11) is -3.03. The van der Waals surface area contributed by atoms with E-state index in [1.54, 1.807) is 0 Å². The molecule has 24 heavy (non-hydrogen) atoms. The van der Waals surface area contributed by atoms with Crippen LogP contribution in [0.5, 0.6) is 11.5 Å². The predicted molar refractivity (Wildman–Crippen MR) is 92.3 cm³/mol. The highest BCUT2D eigenvalue weighted by molar-refractivity contribution is 7.91. The zero-order valence-electron chi connectivity index (χ0n) is 14.2. The quantitative estimate of drug-likeness (QED) is 0.766. The summed E-state index contributed by atoms with van der Waals surface area (Å²) in [5, 5.41) is 2.83. The smallest absolute Gasteiger partial charge is 0.224 e. The molecule has 0 bridgehead atoms. The van der Waals surface area contributed by atoms with E-state index in [9.17, 15) is 13.2 Å². The summed E-state index contributed by atoms with van der Waals surface area (Å²) in [6, 6.07) is 5.73. The normalized spacial score (nSPS) is 19.0. The minimum Gasteiger partial charge on any atom is -0.490 e. The third-order valence-corrected chi connectivity index (χ3v) is 5.69. The van der Waals surface area contributed by atoms with Gasteiger partial charge in [0.1, 0.15) is 0 Å². The van der Waals surface area contributed by atoms with Gasteiger partial charge in [0, 0.05) is 6.54 Å². The molecule has 0 saturated carbocycles. The Kier molecular flexibility index (Phi) is 6.48. The molecule has 1 aromatic carbocycles. The van der Waals surface area contributed by atoms with E-state index >= 15 is 0 Å². The van der Waals surface area contributed by atoms with Gasteiger partial charge in [0.15, 0.2) is 21.3 Å². The zero-order chi connectivity index (χ0) is 17.6. The SMILES string of the molecule is CCOc1ccc(CCNC(=O)C2CCS(=O)(=O)C2)cc1OCC. The summed E-state index contributed by atoms with van der Waals surface area (Å²) >= 11 is 0. The molecule has 1 aromatic rings. The van der Waals surface area contributed by atoms with Gasteiger partial charge in [-0.2, -0.15) is 0 Å². The van der Waals surface area contributed by atoms with Crippen LogP contribution in [0.2, 0.25) is 0 Å². The average Bonchev–Trinajstić information content (AvgIpc) is 2.90. The van der Waals surface area contributed by atoms with Crippen LogP contribution in [0, 0.1) is 5.92 Å². The van der Waals surface area contributed by atoms with Crippen molar-refractivity contribution in [2.75, 3.05) is 31.3 Å². The Hall–Kier alpha value is -1.76. The van der Waals surface area contributed by atoms with E-state index in [-0.39, 0.29) is 17.4 Å². The second-order valence-electron chi connectivity index (χ2n) is 5.79. The second kappa shape index (κ2) is 8.37. The Morgan fingerprint density at radius 2 is 1.92 bits per heavy atom. The van der Waals surface area contributed by atoms with Crippen LogP contribution in [-0.4, -0.2) is 45.6 Å². The maximum atomic E-state index is 12.0. The molecule has 2 rings (SSSR count). The number of rotatable bonds is 8. The third kappa shape index (κ3) is 5.12. The molecular formula is C17H25NO5S. The summed E-state index contributed by atoms with van der Waals surface area (Å²) in [6.45, 7) is 5.42. The Bertz CT molecular complexity index is 672. The molecule has 0 aromatic heterocycles. The molecular weight excluding hydrogens is 330 g/mol. The van der Waals surface area contributed by atoms with Crippen molar-refractivity contribution in [3.05, 3.63) is 23.8 Å². The highest BCUT2D eigenvalue weighted by atomic mass is 32.2. The summed E-state index contributed by atoms with van der Waals surface area (Å²) in [5.74, 6) is 0.910. The molecule has 0 aliphatic carbocycles. The monoisotopic (exact) mass is 355 g/mol. The Morgan fingerprint density at radius 1 is 1.21 bits per heavy atom. The van der Waals surface area contributed by atoms with Gasteiger partial charge in [-0.15, -0.1) is 0 Å². The first kappa shape index (κ1) is 18.6. The van der Waals surface area contributed by atoms with E-state index in [1.807, 2.05) is 32.0 Å². The molecule has 1 amide bonds. The number of amides is 1. The van der Waals surface area contributed by atoms with Crippen LogP contribution in [0.15, 0.2) is 18.2 Å². The van der Waals surface area contributed by atoms with Crippen LogP contribution >= 0.6 is 0 Å². The number of carbonyl (C=O) groups excluding carboxylic acids is 1. The molecule has 0 radical (unpaired) electrons. The first-order valence-electron chi connectivity index (χ1n) is 8.31. The van der Waals surface area contributed by atoms with E-state index in [4.69, 9.17) is 9.47 Å². The molecule has 1 N–H and O–H groups in total. The minimum absolute atomic E-state index is 0.0314. The Labute approximate surface area is 143 Å². The van der Waals surface area contributed by atoms with Gasteiger partial charge < -0.3 is 14.8 Å². The first-order chi connectivity index (χ1) is 11.4. The fourth-order valence-electron chi connectivity index (χ4n) is 2.73. The third-order valence-electron chi connectivity index (χ3n) is 3.92. The van der Waals surface area contributed by atoms with Crippen LogP contribution in [-0.2, 0) is 21.1 Å². The maximum absolute atomic E-state index is 12.0. The molecule has 6 nitrogen and oxygen atoms in total. The number of ether oxygens (including phenoxy) is 2. The number of sulfone groups is 1. The van der Waals surface area contributed by atoms with Gasteiger partial charge >= 0.3 is 0 Å². The Morgan fingerprint density at radius 3 is 2.54 bits per heavy atom. The van der Waals surface area contributed by atoms with Gasteiger partial charge in [0.25, 0.3) is 0 Å². The zero-order valence-corrected chi connectivity index (χ0v) is 15.0. The van der Waals surface area contributed by atoms with E-state index in [2.05, 4.69) is 5.32 Å². The standard InChI is InChI=1S/C17H25NO5S/c1-3-22-15-6-5-13(11-16(15)23-4-2)7-9-18-17(19)14-8-10-24(20,21)12-14/h5-6,11,14H,3-4,7-10,12H2,1-2H3,(H,18,19). The molecule has 1 aliphatic heterocycles. The van der Waals surface area contributed by atoms with Crippen LogP contribution in [0.25, 0.3) is 0 Å². The second-order valence-corrected chi connectivity index (χ2v) is 8.02. The van der Waals surface area contributed by atoms with Crippen molar-refractivity contribution in [3.63, 3.8) is 0 Å². The molecule has 1 unspecified atom stereocenters. The maximum Gasteiger partial charge on any atom is 0.224 e. The lowest BCUT2D eigenvalue weighted by atomic mass is 10.1. The van der Waals surface area contributed by atoms with E-state index < -0.39 is 15.8 Å². The summed E-state index contributed by atoms with van der Waals surface area (Å²) in [4.78, 5) is 12.0. The number of benzene rings is 1. The molecule has 7 heteroatoms. The molecule has 1 fully saturated rings. The number of nitrogens with one attached hydrogen (secondary N) is 1. The molecule has 1 aliphatic rings. The van der Waals surface area contributed by atoms with Crippen molar-refractivity contribution in [2.24, 2.45) is 5.92 Å². The lowest BCUT2D eigenvalue weighted by Gasteiger charge is -2.13. The lowest BCUT2D eigenvalue weighted by molar-refractivity contribution is -0.124. The lowest BCUT2D eigenvalue weighted by Crippen LogP contribution is -2.32. The summed E-state index contributed by atoms with van der Waals surface area (Å²) in [6.07, 6.45) is 1.07. The van der Waals surface area contributed by atoms with Gasteiger partial charge in [0.05, 0.1) is 30.6 Å². The summed E-state index contributed by atoms with van der Waals surface area (Å²) in [5.41, 5.74) is 1.03. The molecule has 1 atom stereocenters. The molecule has 134 valence electrons. The minimum atomic E-state index is -3.03. The van der Waals surface area contributed by atoms with Gasteiger partial charge in [0.2, 0.25) is 5.91 Å². The first-order valence-corrected chi connectivity index (χ1v) is 10.1. The topological polar surface area (TPSA) is 81.7 Å². The fraction of sp³-hybridized carbons (Fsp3) is 0.588. The van der Waals surface area contributed by atoms with Crippen LogP contribution in [0.4, 0.5) is 0 Å². The largest absolute Gasteiger partial charge is 0.490 e. The van der Waals surface area contributed by atoms with Crippen molar-refractivity contribution < 1.29 is 22.7 Å². The van der Waals surface area contributed by atoms with Crippen LogP contribution < -0.4 is 14.8 Å². The van der Waals surface area contributed by atoms with E-state index in [0.717, 1.165) is 5.56 Å². The molecule has 0 spiro atoms. The Balaban J connectivity index is 1.87. The van der Waals surface area contributed by atoms with Crippen molar-refractivity contribution in [2.45, 2.75) is 26.7 Å². The number of hydrogen-bond acceptors (Lipinski definition) is 5. The van der Waals surface area contributed by atoms with Crippen molar-refractivity contribution in [1.29, 1.82) is 0 Å². The van der Waals surface area contributed by atoms with Crippen molar-refractivity contribution >= 4 is 15.7 Å². The van der Waals surface area contributed by atoms with Gasteiger partial charge in [-0.25, -0.2) is 8.42 Å². The van der Waals surface area contributed by atoms with E-state index in [1.165, 1.54) is 0 Å². The van der Waals surface area contributed by atoms with E-state index in [0.29, 0.717) is 44.1 Å². The van der Waals surface area contributed by atoms with Gasteiger partial charge in [-0.1, -0.05) is 6.07 Å². The summed E-state index contributed by atoms with van der Waals surface area (Å²) < 4.78 is 33.9. The highest BCUT2D eigenvalue weighted by Crippen LogP contribution is 2.28. The molecule has 1 heterocycles. The van der Waals surface area contributed by atoms with Crippen molar-refractivity contribution in [1.82, 2.24) is 5.32 Å².